The molecule has 0 aliphatic carbocycles. The Morgan fingerprint density at radius 3 is 2.33 bits per heavy atom. The van der Waals surface area contributed by atoms with Gasteiger partial charge in [0.1, 0.15) is 0 Å². The highest BCUT2D eigenvalue weighted by atomic mass is 16.2. The van der Waals surface area contributed by atoms with Crippen molar-refractivity contribution in [2.24, 2.45) is 5.73 Å². The van der Waals surface area contributed by atoms with Gasteiger partial charge in [0.05, 0.1) is 13.1 Å². The summed E-state index contributed by atoms with van der Waals surface area (Å²) in [5, 5.41) is 0. The lowest BCUT2D eigenvalue weighted by atomic mass is 9.99. The maximum Gasteiger partial charge on any atom is 0.241 e. The molecule has 1 atom stereocenters. The first-order valence-corrected chi connectivity index (χ1v) is 9.55. The van der Waals surface area contributed by atoms with Crippen LogP contribution in [0, 0.1) is 0 Å². The molecule has 27 heavy (non-hydrogen) atoms. The van der Waals surface area contributed by atoms with Crippen LogP contribution in [0.2, 0.25) is 0 Å². The van der Waals surface area contributed by atoms with E-state index >= 15 is 0 Å². The highest BCUT2D eigenvalue weighted by molar-refractivity contribution is 5.94. The number of likely N-dealkylation sites (tertiary alicyclic amines) is 1. The van der Waals surface area contributed by atoms with Crippen molar-refractivity contribution in [2.45, 2.75) is 38.3 Å². The van der Waals surface area contributed by atoms with E-state index in [1.165, 1.54) is 0 Å². The summed E-state index contributed by atoms with van der Waals surface area (Å²) in [6, 6.07) is 19.8. The number of carbonyl (C=O) groups excluding carboxylic acids is 2. The van der Waals surface area contributed by atoms with Crippen LogP contribution in [0.5, 0.6) is 0 Å². The maximum absolute atomic E-state index is 13.2. The molecular formula is C22H27N3O2. The topological polar surface area (TPSA) is 66.6 Å². The summed E-state index contributed by atoms with van der Waals surface area (Å²) in [6.07, 6.45) is 3.36. The number of amides is 2. The lowest BCUT2D eigenvalue weighted by molar-refractivity contribution is -0.123. The molecule has 1 saturated heterocycles. The van der Waals surface area contributed by atoms with Crippen molar-refractivity contribution < 1.29 is 9.59 Å². The predicted molar refractivity (Wildman–Crippen MR) is 107 cm³/mol. The molecule has 5 heteroatoms. The van der Waals surface area contributed by atoms with E-state index in [4.69, 9.17) is 5.73 Å². The first-order valence-electron chi connectivity index (χ1n) is 9.55. The minimum absolute atomic E-state index is 0.0430. The minimum atomic E-state index is -0.302. The Hall–Kier alpha value is -2.66. The summed E-state index contributed by atoms with van der Waals surface area (Å²) in [5.41, 5.74) is 7.38. The molecule has 0 saturated carbocycles. The van der Waals surface area contributed by atoms with Gasteiger partial charge in [-0.2, -0.15) is 0 Å². The molecule has 1 aliphatic rings. The van der Waals surface area contributed by atoms with E-state index in [0.717, 1.165) is 37.1 Å². The number of carbonyl (C=O) groups is 2. The van der Waals surface area contributed by atoms with E-state index in [2.05, 4.69) is 4.90 Å². The summed E-state index contributed by atoms with van der Waals surface area (Å²) < 4.78 is 0. The van der Waals surface area contributed by atoms with Gasteiger partial charge in [0.15, 0.2) is 0 Å². The van der Waals surface area contributed by atoms with Crippen LogP contribution in [0.15, 0.2) is 60.7 Å². The molecule has 0 radical (unpaired) electrons. The Morgan fingerprint density at radius 1 is 1.00 bits per heavy atom. The number of nitrogens with zero attached hydrogens (tertiary/aromatic N) is 2. The van der Waals surface area contributed by atoms with Crippen LogP contribution < -0.4 is 10.6 Å². The molecule has 2 amide bonds. The van der Waals surface area contributed by atoms with Gasteiger partial charge < -0.3 is 10.6 Å². The fourth-order valence-corrected chi connectivity index (χ4v) is 3.69. The van der Waals surface area contributed by atoms with Crippen LogP contribution in [0.4, 0.5) is 5.69 Å². The molecular weight excluding hydrogens is 338 g/mol. The fraction of sp³-hybridized carbons (Fsp3) is 0.364. The fourth-order valence-electron chi connectivity index (χ4n) is 3.69. The number of primary amides is 1. The lowest BCUT2D eigenvalue weighted by Crippen LogP contribution is -2.48. The Bertz CT molecular complexity index is 749. The number of anilines is 1. The number of para-hydroxylation sites is 1. The second-order valence-corrected chi connectivity index (χ2v) is 7.09. The third kappa shape index (κ3) is 5.41. The number of hydrogen-bond donors (Lipinski definition) is 1. The first-order chi connectivity index (χ1) is 13.1. The summed E-state index contributed by atoms with van der Waals surface area (Å²) in [7, 11) is 0. The molecule has 1 aliphatic heterocycles. The van der Waals surface area contributed by atoms with E-state index < -0.39 is 0 Å². The van der Waals surface area contributed by atoms with Gasteiger partial charge in [-0.25, -0.2) is 0 Å². The van der Waals surface area contributed by atoms with Crippen molar-refractivity contribution in [3.63, 3.8) is 0 Å². The molecule has 2 aromatic carbocycles. The standard InChI is InChI=1S/C22H27N3O2/c23-21(26)15-20-13-7-8-14-24(20)17-22(27)25(19-11-5-2-6-12-19)16-18-9-3-1-4-10-18/h1-6,9-12,20H,7-8,13-17H2,(H2,23,26). The van der Waals surface area contributed by atoms with Crippen molar-refractivity contribution >= 4 is 17.5 Å². The minimum Gasteiger partial charge on any atom is -0.370 e. The van der Waals surface area contributed by atoms with Gasteiger partial charge in [-0.1, -0.05) is 55.0 Å². The van der Waals surface area contributed by atoms with Crippen LogP contribution in [0.3, 0.4) is 0 Å². The van der Waals surface area contributed by atoms with Crippen molar-refractivity contribution in [2.75, 3.05) is 18.0 Å². The number of benzene rings is 2. The predicted octanol–water partition coefficient (Wildman–Crippen LogP) is 2.95. The third-order valence-corrected chi connectivity index (χ3v) is 5.08. The smallest absolute Gasteiger partial charge is 0.241 e. The van der Waals surface area contributed by atoms with Gasteiger partial charge in [-0.05, 0) is 37.1 Å². The van der Waals surface area contributed by atoms with Gasteiger partial charge in [0.25, 0.3) is 0 Å². The molecule has 2 aromatic rings. The van der Waals surface area contributed by atoms with Crippen molar-refractivity contribution in [1.82, 2.24) is 4.90 Å². The van der Waals surface area contributed by atoms with Gasteiger partial charge in [-0.15, -0.1) is 0 Å². The van der Waals surface area contributed by atoms with Crippen LogP contribution in [0.1, 0.15) is 31.2 Å². The van der Waals surface area contributed by atoms with Crippen LogP contribution in [0.25, 0.3) is 0 Å². The third-order valence-electron chi connectivity index (χ3n) is 5.08. The van der Waals surface area contributed by atoms with E-state index in [1.807, 2.05) is 65.6 Å². The zero-order valence-electron chi connectivity index (χ0n) is 15.6. The summed E-state index contributed by atoms with van der Waals surface area (Å²) >= 11 is 0. The van der Waals surface area contributed by atoms with Crippen LogP contribution in [-0.2, 0) is 16.1 Å². The quantitative estimate of drug-likeness (QED) is 0.820. The first kappa shape index (κ1) is 19.1. The van der Waals surface area contributed by atoms with Crippen molar-refractivity contribution in [1.29, 1.82) is 0 Å². The molecule has 0 bridgehead atoms. The average molecular weight is 365 g/mol. The van der Waals surface area contributed by atoms with E-state index in [9.17, 15) is 9.59 Å². The molecule has 2 N–H and O–H groups in total. The molecule has 0 spiro atoms. The molecule has 1 fully saturated rings. The second kappa shape index (κ2) is 9.33. The number of hydrogen-bond acceptors (Lipinski definition) is 3. The summed E-state index contributed by atoms with van der Waals surface area (Å²) in [5.74, 6) is -0.259. The second-order valence-electron chi connectivity index (χ2n) is 7.09. The van der Waals surface area contributed by atoms with E-state index in [1.54, 1.807) is 0 Å². The van der Waals surface area contributed by atoms with E-state index in [-0.39, 0.29) is 17.9 Å². The van der Waals surface area contributed by atoms with Crippen molar-refractivity contribution in [3.8, 4) is 0 Å². The van der Waals surface area contributed by atoms with Crippen LogP contribution >= 0.6 is 0 Å². The molecule has 1 heterocycles. The monoisotopic (exact) mass is 365 g/mol. The SMILES string of the molecule is NC(=O)CC1CCCCN1CC(=O)N(Cc1ccccc1)c1ccccc1. The molecule has 5 nitrogen and oxygen atoms in total. The normalized spacial score (nSPS) is 17.4. The van der Waals surface area contributed by atoms with Crippen LogP contribution in [-0.4, -0.2) is 35.8 Å². The molecule has 0 aromatic heterocycles. The highest BCUT2D eigenvalue weighted by Crippen LogP contribution is 2.22. The maximum atomic E-state index is 13.2. The Labute approximate surface area is 160 Å². The molecule has 3 rings (SSSR count). The number of piperidine rings is 1. The van der Waals surface area contributed by atoms with Gasteiger partial charge in [0.2, 0.25) is 11.8 Å². The van der Waals surface area contributed by atoms with Gasteiger partial charge in [-0.3, -0.25) is 14.5 Å². The van der Waals surface area contributed by atoms with Gasteiger partial charge >= 0.3 is 0 Å². The Balaban J connectivity index is 1.76. The zero-order valence-corrected chi connectivity index (χ0v) is 15.6. The lowest BCUT2D eigenvalue weighted by Gasteiger charge is -2.36. The number of rotatable bonds is 7. The summed E-state index contributed by atoms with van der Waals surface area (Å²) in [6.45, 7) is 1.66. The zero-order chi connectivity index (χ0) is 19.1. The Morgan fingerprint density at radius 2 is 1.67 bits per heavy atom. The summed E-state index contributed by atoms with van der Waals surface area (Å²) in [4.78, 5) is 28.6. The van der Waals surface area contributed by atoms with Crippen molar-refractivity contribution in [3.05, 3.63) is 66.2 Å². The van der Waals surface area contributed by atoms with E-state index in [0.29, 0.717) is 19.5 Å². The highest BCUT2D eigenvalue weighted by Gasteiger charge is 2.27. The van der Waals surface area contributed by atoms with Gasteiger partial charge in [0, 0.05) is 18.2 Å². The molecule has 142 valence electrons. The molecule has 1 unspecified atom stereocenters. The average Bonchev–Trinajstić information content (AvgIpc) is 2.68. The Kier molecular flexibility index (Phi) is 6.60. The number of nitrogens with two attached hydrogens (primary N) is 1. The largest absolute Gasteiger partial charge is 0.370 e.